The normalized spacial score (nSPS) is 12.0. The van der Waals surface area contributed by atoms with Gasteiger partial charge in [-0.25, -0.2) is 4.39 Å². The maximum absolute atomic E-state index is 13.9. The standard InChI is InChI=1S/C16H16BrFO3/c1-20-15-5-3-4-12(16(15)21-2)14(19)8-10-6-7-11(17)9-13(10)18/h3-7,9,14,19H,8H2,1-2H3. The Balaban J connectivity index is 2.30. The molecule has 0 saturated heterocycles. The Kier molecular flexibility index (Phi) is 5.20. The van der Waals surface area contributed by atoms with Gasteiger partial charge in [-0.05, 0) is 23.8 Å². The first-order valence-electron chi connectivity index (χ1n) is 6.39. The highest BCUT2D eigenvalue weighted by atomic mass is 79.9. The molecule has 0 radical (unpaired) electrons. The molecule has 0 aliphatic carbocycles. The Bertz CT molecular complexity index is 631. The number of hydrogen-bond acceptors (Lipinski definition) is 3. The Morgan fingerprint density at radius 3 is 2.57 bits per heavy atom. The van der Waals surface area contributed by atoms with E-state index in [-0.39, 0.29) is 12.2 Å². The molecule has 1 N–H and O–H groups in total. The fourth-order valence-electron chi connectivity index (χ4n) is 2.18. The molecule has 1 atom stereocenters. The minimum absolute atomic E-state index is 0.155. The van der Waals surface area contributed by atoms with Gasteiger partial charge in [0.05, 0.1) is 20.3 Å². The smallest absolute Gasteiger partial charge is 0.166 e. The molecular weight excluding hydrogens is 339 g/mol. The molecule has 0 aliphatic heterocycles. The van der Waals surface area contributed by atoms with E-state index in [0.717, 1.165) is 0 Å². The van der Waals surface area contributed by atoms with Crippen molar-refractivity contribution in [2.24, 2.45) is 0 Å². The summed E-state index contributed by atoms with van der Waals surface area (Å²) in [5, 5.41) is 10.4. The summed E-state index contributed by atoms with van der Waals surface area (Å²) >= 11 is 3.21. The van der Waals surface area contributed by atoms with Gasteiger partial charge >= 0.3 is 0 Å². The molecule has 0 fully saturated rings. The zero-order valence-corrected chi connectivity index (χ0v) is 13.4. The van der Waals surface area contributed by atoms with E-state index in [1.807, 2.05) is 0 Å². The zero-order valence-electron chi connectivity index (χ0n) is 11.8. The lowest BCUT2D eigenvalue weighted by atomic mass is 10.00. The molecule has 0 saturated carbocycles. The minimum atomic E-state index is -0.884. The number of halogens is 2. The second kappa shape index (κ2) is 6.91. The maximum atomic E-state index is 13.9. The Hall–Kier alpha value is -1.59. The first-order chi connectivity index (χ1) is 10.1. The van der Waals surface area contributed by atoms with Crippen molar-refractivity contribution < 1.29 is 19.0 Å². The molecule has 3 nitrogen and oxygen atoms in total. The van der Waals surface area contributed by atoms with Gasteiger partial charge in [-0.3, -0.25) is 0 Å². The van der Waals surface area contributed by atoms with Gasteiger partial charge in [0.15, 0.2) is 11.5 Å². The molecule has 2 aromatic carbocycles. The van der Waals surface area contributed by atoms with Crippen LogP contribution in [0.25, 0.3) is 0 Å². The van der Waals surface area contributed by atoms with Gasteiger partial charge in [0.25, 0.3) is 0 Å². The van der Waals surface area contributed by atoms with E-state index in [1.165, 1.54) is 20.3 Å². The second-order valence-electron chi connectivity index (χ2n) is 4.54. The van der Waals surface area contributed by atoms with Gasteiger partial charge in [0.2, 0.25) is 0 Å². The van der Waals surface area contributed by atoms with E-state index in [2.05, 4.69) is 15.9 Å². The van der Waals surface area contributed by atoms with Crippen molar-refractivity contribution in [3.63, 3.8) is 0 Å². The second-order valence-corrected chi connectivity index (χ2v) is 5.45. The predicted octanol–water partition coefficient (Wildman–Crippen LogP) is 3.88. The number of aliphatic hydroxyl groups is 1. The fourth-order valence-corrected chi connectivity index (χ4v) is 2.51. The van der Waals surface area contributed by atoms with Crippen molar-refractivity contribution in [1.82, 2.24) is 0 Å². The topological polar surface area (TPSA) is 38.7 Å². The predicted molar refractivity (Wildman–Crippen MR) is 82.3 cm³/mol. The quantitative estimate of drug-likeness (QED) is 0.885. The molecule has 1 unspecified atom stereocenters. The maximum Gasteiger partial charge on any atom is 0.166 e. The summed E-state index contributed by atoms with van der Waals surface area (Å²) in [6.07, 6.45) is -0.728. The zero-order chi connectivity index (χ0) is 15.4. The fraction of sp³-hybridized carbons (Fsp3) is 0.250. The molecule has 2 aromatic rings. The number of ether oxygens (including phenoxy) is 2. The van der Waals surface area contributed by atoms with E-state index in [4.69, 9.17) is 9.47 Å². The molecule has 2 rings (SSSR count). The van der Waals surface area contributed by atoms with Crippen molar-refractivity contribution >= 4 is 15.9 Å². The molecule has 21 heavy (non-hydrogen) atoms. The van der Waals surface area contributed by atoms with Crippen molar-refractivity contribution in [2.45, 2.75) is 12.5 Å². The van der Waals surface area contributed by atoms with E-state index in [1.54, 1.807) is 30.3 Å². The average molecular weight is 355 g/mol. The Morgan fingerprint density at radius 1 is 1.19 bits per heavy atom. The summed E-state index contributed by atoms with van der Waals surface area (Å²) in [5.74, 6) is 0.639. The number of hydrogen-bond donors (Lipinski definition) is 1. The summed E-state index contributed by atoms with van der Waals surface area (Å²) in [6.45, 7) is 0. The number of benzene rings is 2. The average Bonchev–Trinajstić information content (AvgIpc) is 2.49. The van der Waals surface area contributed by atoms with Crippen LogP contribution < -0.4 is 9.47 Å². The van der Waals surface area contributed by atoms with Crippen LogP contribution in [0.15, 0.2) is 40.9 Å². The van der Waals surface area contributed by atoms with Crippen LogP contribution in [0.1, 0.15) is 17.2 Å². The third kappa shape index (κ3) is 3.54. The van der Waals surface area contributed by atoms with Crippen LogP contribution >= 0.6 is 15.9 Å². The van der Waals surface area contributed by atoms with Crippen molar-refractivity contribution in [3.8, 4) is 11.5 Å². The Morgan fingerprint density at radius 2 is 1.95 bits per heavy atom. The van der Waals surface area contributed by atoms with E-state index in [9.17, 15) is 9.50 Å². The van der Waals surface area contributed by atoms with Crippen molar-refractivity contribution in [3.05, 3.63) is 57.8 Å². The molecule has 5 heteroatoms. The SMILES string of the molecule is COc1cccc(C(O)Cc2ccc(Br)cc2F)c1OC. The van der Waals surface area contributed by atoms with Gasteiger partial charge < -0.3 is 14.6 Å². The first-order valence-corrected chi connectivity index (χ1v) is 7.19. The monoisotopic (exact) mass is 354 g/mol. The highest BCUT2D eigenvalue weighted by Crippen LogP contribution is 2.36. The van der Waals surface area contributed by atoms with Gasteiger partial charge in [-0.1, -0.05) is 34.1 Å². The van der Waals surface area contributed by atoms with E-state index >= 15 is 0 Å². The van der Waals surface area contributed by atoms with Gasteiger partial charge in [-0.15, -0.1) is 0 Å². The van der Waals surface area contributed by atoms with E-state index in [0.29, 0.717) is 27.1 Å². The number of methoxy groups -OCH3 is 2. The molecule has 112 valence electrons. The number of rotatable bonds is 5. The highest BCUT2D eigenvalue weighted by Gasteiger charge is 2.18. The molecule has 0 bridgehead atoms. The van der Waals surface area contributed by atoms with Crippen LogP contribution in [0, 0.1) is 5.82 Å². The number of para-hydroxylation sites is 1. The van der Waals surface area contributed by atoms with E-state index < -0.39 is 6.10 Å². The van der Waals surface area contributed by atoms with Crippen LogP contribution in [0.3, 0.4) is 0 Å². The van der Waals surface area contributed by atoms with Crippen molar-refractivity contribution in [2.75, 3.05) is 14.2 Å². The summed E-state index contributed by atoms with van der Waals surface area (Å²) in [7, 11) is 3.04. The van der Waals surface area contributed by atoms with Crippen LogP contribution in [0.2, 0.25) is 0 Å². The van der Waals surface area contributed by atoms with Crippen LogP contribution in [0.5, 0.6) is 11.5 Å². The highest BCUT2D eigenvalue weighted by molar-refractivity contribution is 9.10. The van der Waals surface area contributed by atoms with Crippen LogP contribution in [-0.4, -0.2) is 19.3 Å². The summed E-state index contributed by atoms with van der Waals surface area (Å²) in [5.41, 5.74) is 1.01. The summed E-state index contributed by atoms with van der Waals surface area (Å²) in [4.78, 5) is 0. The lowest BCUT2D eigenvalue weighted by Crippen LogP contribution is -2.06. The van der Waals surface area contributed by atoms with Gasteiger partial charge in [-0.2, -0.15) is 0 Å². The first kappa shape index (κ1) is 15.8. The molecular formula is C16H16BrFO3. The lowest BCUT2D eigenvalue weighted by molar-refractivity contribution is 0.171. The van der Waals surface area contributed by atoms with Crippen LogP contribution in [-0.2, 0) is 6.42 Å². The van der Waals surface area contributed by atoms with Gasteiger partial charge in [0, 0.05) is 16.5 Å². The largest absolute Gasteiger partial charge is 0.493 e. The molecule has 0 heterocycles. The molecule has 0 spiro atoms. The minimum Gasteiger partial charge on any atom is -0.493 e. The van der Waals surface area contributed by atoms with Crippen molar-refractivity contribution in [1.29, 1.82) is 0 Å². The Labute approximate surface area is 131 Å². The number of aliphatic hydroxyl groups excluding tert-OH is 1. The molecule has 0 aromatic heterocycles. The lowest BCUT2D eigenvalue weighted by Gasteiger charge is -2.17. The molecule has 0 aliphatic rings. The van der Waals surface area contributed by atoms with Crippen LogP contribution in [0.4, 0.5) is 4.39 Å². The van der Waals surface area contributed by atoms with Gasteiger partial charge in [0.1, 0.15) is 5.82 Å². The third-order valence-corrected chi connectivity index (χ3v) is 3.71. The summed E-state index contributed by atoms with van der Waals surface area (Å²) < 4.78 is 25.0. The summed E-state index contributed by atoms with van der Waals surface area (Å²) in [6, 6.07) is 10.0. The third-order valence-electron chi connectivity index (χ3n) is 3.22. The molecule has 0 amide bonds.